The predicted molar refractivity (Wildman–Crippen MR) is 69.2 cm³/mol. The van der Waals surface area contributed by atoms with Crippen LogP contribution in [0.1, 0.15) is 15.9 Å². The zero-order valence-corrected chi connectivity index (χ0v) is 11.2. The Bertz CT molecular complexity index is 666. The molecule has 0 aliphatic carbocycles. The van der Waals surface area contributed by atoms with E-state index in [1.165, 1.54) is 24.5 Å². The maximum Gasteiger partial charge on any atom is 0.261 e. The number of H-pyrrole nitrogens is 1. The van der Waals surface area contributed by atoms with Gasteiger partial charge in [-0.25, -0.2) is 8.42 Å². The molecule has 1 heterocycles. The van der Waals surface area contributed by atoms with E-state index in [4.69, 9.17) is 10.7 Å². The predicted octanol–water partition coefficient (Wildman–Crippen LogP) is 1.27. The molecule has 8 heteroatoms. The molecule has 0 saturated heterocycles. The Kier molecular flexibility index (Phi) is 3.87. The van der Waals surface area contributed by atoms with Gasteiger partial charge >= 0.3 is 0 Å². The molecule has 19 heavy (non-hydrogen) atoms. The molecule has 0 spiro atoms. The highest BCUT2D eigenvalue weighted by molar-refractivity contribution is 8.13. The average molecular weight is 300 g/mol. The molecule has 0 bridgehead atoms. The minimum absolute atomic E-state index is 0.0269. The lowest BCUT2D eigenvalue weighted by molar-refractivity contribution is 0.0951. The highest BCUT2D eigenvalue weighted by Crippen LogP contribution is 2.15. The van der Waals surface area contributed by atoms with Crippen molar-refractivity contribution in [2.75, 3.05) is 0 Å². The van der Waals surface area contributed by atoms with Gasteiger partial charge in [-0.15, -0.1) is 0 Å². The monoisotopic (exact) mass is 299 g/mol. The minimum Gasteiger partial charge on any atom is -0.348 e. The number of carbonyl (C=O) groups excluding carboxylic acids is 1. The third-order valence-electron chi connectivity index (χ3n) is 2.42. The van der Waals surface area contributed by atoms with E-state index < -0.39 is 9.05 Å². The zero-order valence-electron chi connectivity index (χ0n) is 9.63. The van der Waals surface area contributed by atoms with E-state index in [1.54, 1.807) is 12.1 Å². The maximum atomic E-state index is 11.6. The highest BCUT2D eigenvalue weighted by Gasteiger charge is 2.10. The second kappa shape index (κ2) is 5.41. The Labute approximate surface area is 114 Å². The molecule has 100 valence electrons. The number of halogens is 1. The molecule has 6 nitrogen and oxygen atoms in total. The highest BCUT2D eigenvalue weighted by atomic mass is 35.7. The summed E-state index contributed by atoms with van der Waals surface area (Å²) in [6.07, 6.45) is 2.90. The van der Waals surface area contributed by atoms with Gasteiger partial charge in [0.25, 0.3) is 15.0 Å². The topological polar surface area (TPSA) is 91.9 Å². The van der Waals surface area contributed by atoms with Crippen LogP contribution in [0.5, 0.6) is 0 Å². The number of benzene rings is 1. The number of aromatic nitrogens is 2. The summed E-state index contributed by atoms with van der Waals surface area (Å²) in [5.41, 5.74) is 1.20. The number of hydrogen-bond acceptors (Lipinski definition) is 4. The van der Waals surface area contributed by atoms with Crippen molar-refractivity contribution in [3.05, 3.63) is 47.8 Å². The summed E-state index contributed by atoms with van der Waals surface area (Å²) < 4.78 is 22.1. The lowest BCUT2D eigenvalue weighted by atomic mass is 10.2. The summed E-state index contributed by atoms with van der Waals surface area (Å²) in [5, 5.41) is 8.89. The van der Waals surface area contributed by atoms with Gasteiger partial charge in [0.15, 0.2) is 0 Å². The van der Waals surface area contributed by atoms with Crippen LogP contribution in [-0.2, 0) is 15.6 Å². The smallest absolute Gasteiger partial charge is 0.261 e. The molecular formula is C11H10ClN3O3S. The van der Waals surface area contributed by atoms with Gasteiger partial charge in [0.2, 0.25) is 0 Å². The van der Waals surface area contributed by atoms with E-state index in [2.05, 4.69) is 15.5 Å². The standard InChI is InChI=1S/C11H10ClN3O3S/c12-19(17,18)10-3-1-8(2-4-10)5-13-11(16)9-6-14-15-7-9/h1-4,6-7H,5H2,(H,13,16)(H,14,15). The van der Waals surface area contributed by atoms with Crippen LogP contribution in [-0.4, -0.2) is 24.5 Å². The summed E-state index contributed by atoms with van der Waals surface area (Å²) in [6, 6.07) is 5.96. The van der Waals surface area contributed by atoms with Crippen LogP contribution in [0.3, 0.4) is 0 Å². The van der Waals surface area contributed by atoms with Gasteiger partial charge < -0.3 is 5.32 Å². The fourth-order valence-corrected chi connectivity index (χ4v) is 2.20. The molecule has 0 unspecified atom stereocenters. The van der Waals surface area contributed by atoms with Crippen LogP contribution in [0.15, 0.2) is 41.6 Å². The Hall–Kier alpha value is -1.86. The Balaban J connectivity index is 1.99. The van der Waals surface area contributed by atoms with Gasteiger partial charge in [-0.05, 0) is 17.7 Å². The average Bonchev–Trinajstić information content (AvgIpc) is 2.89. The fraction of sp³-hybridized carbons (Fsp3) is 0.0909. The number of hydrogen-bond donors (Lipinski definition) is 2. The number of amides is 1. The molecule has 0 radical (unpaired) electrons. The largest absolute Gasteiger partial charge is 0.348 e. The molecule has 2 aromatic rings. The van der Waals surface area contributed by atoms with Crippen molar-refractivity contribution in [1.82, 2.24) is 15.5 Å². The molecule has 0 aliphatic rings. The molecule has 2 rings (SSSR count). The van der Waals surface area contributed by atoms with Crippen molar-refractivity contribution in [3.63, 3.8) is 0 Å². The van der Waals surface area contributed by atoms with Gasteiger partial charge in [-0.1, -0.05) is 12.1 Å². The van der Waals surface area contributed by atoms with Crippen molar-refractivity contribution in [1.29, 1.82) is 0 Å². The third kappa shape index (κ3) is 3.55. The van der Waals surface area contributed by atoms with Crippen molar-refractivity contribution in [2.45, 2.75) is 11.4 Å². The quantitative estimate of drug-likeness (QED) is 0.832. The number of carbonyl (C=O) groups is 1. The molecule has 1 aromatic carbocycles. The van der Waals surface area contributed by atoms with Crippen LogP contribution < -0.4 is 5.32 Å². The molecular weight excluding hydrogens is 290 g/mol. The molecule has 0 aliphatic heterocycles. The van der Waals surface area contributed by atoms with E-state index in [0.29, 0.717) is 5.56 Å². The summed E-state index contributed by atoms with van der Waals surface area (Å²) in [6.45, 7) is 0.284. The number of aromatic amines is 1. The molecule has 1 amide bonds. The van der Waals surface area contributed by atoms with Gasteiger partial charge in [0.05, 0.1) is 16.7 Å². The molecule has 1 aromatic heterocycles. The van der Waals surface area contributed by atoms with Crippen LogP contribution in [0.25, 0.3) is 0 Å². The summed E-state index contributed by atoms with van der Waals surface area (Å²) in [7, 11) is 1.48. The third-order valence-corrected chi connectivity index (χ3v) is 3.79. The molecule has 0 atom stereocenters. The van der Waals surface area contributed by atoms with E-state index in [-0.39, 0.29) is 17.3 Å². The Morgan fingerprint density at radius 2 is 2.00 bits per heavy atom. The van der Waals surface area contributed by atoms with Crippen molar-refractivity contribution < 1.29 is 13.2 Å². The van der Waals surface area contributed by atoms with Crippen LogP contribution in [0.2, 0.25) is 0 Å². The van der Waals surface area contributed by atoms with Gasteiger partial charge in [-0.2, -0.15) is 5.10 Å². The van der Waals surface area contributed by atoms with E-state index in [0.717, 1.165) is 5.56 Å². The first-order valence-electron chi connectivity index (χ1n) is 5.27. The Morgan fingerprint density at radius 1 is 1.32 bits per heavy atom. The first-order valence-corrected chi connectivity index (χ1v) is 7.58. The second-order valence-corrected chi connectivity index (χ2v) is 6.32. The Morgan fingerprint density at radius 3 is 2.53 bits per heavy atom. The maximum absolute atomic E-state index is 11.6. The number of nitrogens with zero attached hydrogens (tertiary/aromatic N) is 1. The first-order chi connectivity index (χ1) is 8.97. The van der Waals surface area contributed by atoms with Crippen LogP contribution >= 0.6 is 10.7 Å². The van der Waals surface area contributed by atoms with Gasteiger partial charge in [0, 0.05) is 23.4 Å². The first kappa shape index (κ1) is 13.6. The van der Waals surface area contributed by atoms with Gasteiger partial charge in [0.1, 0.15) is 0 Å². The van der Waals surface area contributed by atoms with Crippen molar-refractivity contribution in [3.8, 4) is 0 Å². The SMILES string of the molecule is O=C(NCc1ccc(S(=O)(=O)Cl)cc1)c1cn[nH]c1. The normalized spacial score (nSPS) is 11.2. The van der Waals surface area contributed by atoms with Crippen LogP contribution in [0.4, 0.5) is 0 Å². The van der Waals surface area contributed by atoms with E-state index >= 15 is 0 Å². The lowest BCUT2D eigenvalue weighted by Crippen LogP contribution is -2.22. The van der Waals surface area contributed by atoms with Gasteiger partial charge in [-0.3, -0.25) is 9.89 Å². The van der Waals surface area contributed by atoms with Crippen molar-refractivity contribution >= 4 is 25.6 Å². The molecule has 0 saturated carbocycles. The summed E-state index contributed by atoms with van der Waals surface area (Å²) in [4.78, 5) is 11.6. The van der Waals surface area contributed by atoms with Crippen molar-refractivity contribution in [2.24, 2.45) is 0 Å². The lowest BCUT2D eigenvalue weighted by Gasteiger charge is -2.04. The second-order valence-electron chi connectivity index (χ2n) is 3.75. The number of rotatable bonds is 4. The fourth-order valence-electron chi connectivity index (χ4n) is 1.43. The summed E-state index contributed by atoms with van der Waals surface area (Å²) in [5.74, 6) is -0.261. The minimum atomic E-state index is -3.71. The van der Waals surface area contributed by atoms with Crippen LogP contribution in [0, 0.1) is 0 Å². The molecule has 0 fully saturated rings. The summed E-state index contributed by atoms with van der Waals surface area (Å²) >= 11 is 0. The zero-order chi connectivity index (χ0) is 13.9. The van der Waals surface area contributed by atoms with E-state index in [1.807, 2.05) is 0 Å². The number of nitrogens with one attached hydrogen (secondary N) is 2. The molecule has 2 N–H and O–H groups in total. The van der Waals surface area contributed by atoms with E-state index in [9.17, 15) is 13.2 Å².